The molecule has 16 heavy (non-hydrogen) atoms. The van der Waals surface area contributed by atoms with Crippen LogP contribution in [0, 0.1) is 0 Å². The van der Waals surface area contributed by atoms with Crippen molar-refractivity contribution in [3.8, 4) is 17.1 Å². The lowest BCUT2D eigenvalue weighted by atomic mass is 10.3. The van der Waals surface area contributed by atoms with Crippen LogP contribution < -0.4 is 5.32 Å². The highest BCUT2D eigenvalue weighted by Crippen LogP contribution is 2.24. The van der Waals surface area contributed by atoms with Gasteiger partial charge >= 0.3 is 0 Å². The third-order valence-corrected chi connectivity index (χ3v) is 2.16. The van der Waals surface area contributed by atoms with E-state index in [4.69, 9.17) is 5.11 Å². The monoisotopic (exact) mass is 219 g/mol. The Hall–Kier alpha value is -2.11. The van der Waals surface area contributed by atoms with Gasteiger partial charge in [-0.3, -0.25) is 4.68 Å². The second kappa shape index (κ2) is 4.18. The van der Waals surface area contributed by atoms with Crippen LogP contribution in [0.3, 0.4) is 0 Å². The molecule has 0 radical (unpaired) electrons. The molecule has 2 N–H and O–H groups in total. The zero-order valence-corrected chi connectivity index (χ0v) is 9.18. The van der Waals surface area contributed by atoms with Gasteiger partial charge in [0, 0.05) is 13.6 Å². The van der Waals surface area contributed by atoms with Crippen LogP contribution in [0.5, 0.6) is 5.75 Å². The Kier molecular flexibility index (Phi) is 2.72. The number of hydrogen-bond acceptors (Lipinski definition) is 5. The third-order valence-electron chi connectivity index (χ3n) is 2.16. The van der Waals surface area contributed by atoms with Gasteiger partial charge in [0.2, 0.25) is 0 Å². The van der Waals surface area contributed by atoms with Crippen LogP contribution >= 0.6 is 0 Å². The molecular formula is C10H13N5O. The number of aromatic nitrogens is 4. The Morgan fingerprint density at radius 3 is 2.62 bits per heavy atom. The fourth-order valence-corrected chi connectivity index (χ4v) is 1.44. The molecule has 0 spiro atoms. The van der Waals surface area contributed by atoms with Crippen molar-refractivity contribution >= 4 is 5.82 Å². The summed E-state index contributed by atoms with van der Waals surface area (Å²) in [5, 5.41) is 16.5. The molecule has 0 fully saturated rings. The highest BCUT2D eigenvalue weighted by Gasteiger charge is 2.11. The standard InChI is InChI=1S/C10H13N5O/c1-3-11-10-8(6-14-15(10)2)9-12-4-7(16)5-13-9/h4-6,11,16H,3H2,1-2H3. The summed E-state index contributed by atoms with van der Waals surface area (Å²) in [6.45, 7) is 2.80. The maximum absolute atomic E-state index is 9.12. The summed E-state index contributed by atoms with van der Waals surface area (Å²) >= 11 is 0. The first-order valence-electron chi connectivity index (χ1n) is 4.99. The maximum Gasteiger partial charge on any atom is 0.164 e. The van der Waals surface area contributed by atoms with Crippen LogP contribution in [-0.2, 0) is 7.05 Å². The highest BCUT2D eigenvalue weighted by molar-refractivity contribution is 5.69. The minimum Gasteiger partial charge on any atom is -0.505 e. The van der Waals surface area contributed by atoms with Crippen molar-refractivity contribution in [2.45, 2.75) is 6.92 Å². The quantitative estimate of drug-likeness (QED) is 0.805. The van der Waals surface area contributed by atoms with E-state index in [0.717, 1.165) is 17.9 Å². The molecule has 2 rings (SSSR count). The molecule has 0 saturated heterocycles. The number of aromatic hydroxyl groups is 1. The second-order valence-electron chi connectivity index (χ2n) is 3.33. The van der Waals surface area contributed by atoms with Crippen LogP contribution in [0.1, 0.15) is 6.92 Å². The molecule has 0 aliphatic carbocycles. The van der Waals surface area contributed by atoms with E-state index in [-0.39, 0.29) is 5.75 Å². The van der Waals surface area contributed by atoms with E-state index in [0.29, 0.717) is 5.82 Å². The number of rotatable bonds is 3. The van der Waals surface area contributed by atoms with Crippen LogP contribution in [0.25, 0.3) is 11.4 Å². The van der Waals surface area contributed by atoms with E-state index < -0.39 is 0 Å². The predicted molar refractivity (Wildman–Crippen MR) is 60.1 cm³/mol. The molecule has 0 aromatic carbocycles. The number of hydrogen-bond donors (Lipinski definition) is 2. The molecule has 0 aliphatic heterocycles. The normalized spacial score (nSPS) is 10.4. The minimum absolute atomic E-state index is 0.0534. The van der Waals surface area contributed by atoms with Gasteiger partial charge in [0.1, 0.15) is 5.82 Å². The summed E-state index contributed by atoms with van der Waals surface area (Å²) in [5.41, 5.74) is 0.823. The van der Waals surface area contributed by atoms with Gasteiger partial charge in [-0.25, -0.2) is 9.97 Å². The lowest BCUT2D eigenvalue weighted by molar-refractivity contribution is 0.470. The van der Waals surface area contributed by atoms with Crippen molar-refractivity contribution in [1.82, 2.24) is 19.7 Å². The average molecular weight is 219 g/mol. The Balaban J connectivity index is 2.43. The topological polar surface area (TPSA) is 75.9 Å². The second-order valence-corrected chi connectivity index (χ2v) is 3.33. The van der Waals surface area contributed by atoms with Crippen molar-refractivity contribution in [2.24, 2.45) is 7.05 Å². The summed E-state index contributed by atoms with van der Waals surface area (Å²) in [6, 6.07) is 0. The zero-order chi connectivity index (χ0) is 11.5. The molecule has 0 amide bonds. The molecule has 0 bridgehead atoms. The van der Waals surface area contributed by atoms with Crippen LogP contribution in [-0.4, -0.2) is 31.4 Å². The largest absolute Gasteiger partial charge is 0.505 e. The minimum atomic E-state index is 0.0534. The van der Waals surface area contributed by atoms with Gasteiger partial charge in [0.05, 0.1) is 24.2 Å². The molecule has 0 unspecified atom stereocenters. The maximum atomic E-state index is 9.12. The molecule has 84 valence electrons. The SMILES string of the molecule is CCNc1c(-c2ncc(O)cn2)cnn1C. The molecule has 0 atom stereocenters. The van der Waals surface area contributed by atoms with Crippen molar-refractivity contribution < 1.29 is 5.11 Å². The number of aryl methyl sites for hydroxylation is 1. The molecule has 2 heterocycles. The summed E-state index contributed by atoms with van der Waals surface area (Å²) in [7, 11) is 1.85. The first-order valence-corrected chi connectivity index (χ1v) is 4.99. The highest BCUT2D eigenvalue weighted by atomic mass is 16.3. The van der Waals surface area contributed by atoms with Gasteiger partial charge < -0.3 is 10.4 Å². The fraction of sp³-hybridized carbons (Fsp3) is 0.300. The Labute approximate surface area is 93.0 Å². The molecule has 6 nitrogen and oxygen atoms in total. The van der Waals surface area contributed by atoms with E-state index >= 15 is 0 Å². The number of nitrogens with one attached hydrogen (secondary N) is 1. The summed E-state index contributed by atoms with van der Waals surface area (Å²) in [5.74, 6) is 1.47. The van der Waals surface area contributed by atoms with E-state index in [2.05, 4.69) is 20.4 Å². The van der Waals surface area contributed by atoms with Crippen molar-refractivity contribution in [3.63, 3.8) is 0 Å². The van der Waals surface area contributed by atoms with Gasteiger partial charge in [-0.15, -0.1) is 0 Å². The Morgan fingerprint density at radius 2 is 2.00 bits per heavy atom. The predicted octanol–water partition coefficient (Wildman–Crippen LogP) is 1.01. The molecule has 2 aromatic heterocycles. The van der Waals surface area contributed by atoms with Gasteiger partial charge in [-0.05, 0) is 6.92 Å². The van der Waals surface area contributed by atoms with Crippen LogP contribution in [0.2, 0.25) is 0 Å². The summed E-state index contributed by atoms with van der Waals surface area (Å²) in [4.78, 5) is 8.10. The van der Waals surface area contributed by atoms with Crippen LogP contribution in [0.15, 0.2) is 18.6 Å². The zero-order valence-electron chi connectivity index (χ0n) is 9.18. The Bertz CT molecular complexity index is 476. The smallest absolute Gasteiger partial charge is 0.164 e. The Morgan fingerprint density at radius 1 is 1.31 bits per heavy atom. The summed E-state index contributed by atoms with van der Waals surface area (Å²) < 4.78 is 1.73. The fourth-order valence-electron chi connectivity index (χ4n) is 1.44. The molecule has 6 heteroatoms. The van der Waals surface area contributed by atoms with Gasteiger partial charge in [0.25, 0.3) is 0 Å². The van der Waals surface area contributed by atoms with Gasteiger partial charge in [0.15, 0.2) is 11.6 Å². The molecular weight excluding hydrogens is 206 g/mol. The molecule has 0 aliphatic rings. The van der Waals surface area contributed by atoms with E-state index in [9.17, 15) is 0 Å². The summed E-state index contributed by atoms with van der Waals surface area (Å²) in [6.07, 6.45) is 4.43. The average Bonchev–Trinajstić information content (AvgIpc) is 2.63. The van der Waals surface area contributed by atoms with Crippen molar-refractivity contribution in [1.29, 1.82) is 0 Å². The third kappa shape index (κ3) is 1.81. The number of anilines is 1. The van der Waals surface area contributed by atoms with E-state index in [1.54, 1.807) is 10.9 Å². The van der Waals surface area contributed by atoms with Gasteiger partial charge in [-0.2, -0.15) is 5.10 Å². The van der Waals surface area contributed by atoms with E-state index in [1.807, 2.05) is 14.0 Å². The van der Waals surface area contributed by atoms with Crippen molar-refractivity contribution in [2.75, 3.05) is 11.9 Å². The molecule has 0 saturated carbocycles. The van der Waals surface area contributed by atoms with E-state index in [1.165, 1.54) is 12.4 Å². The first kappa shape index (κ1) is 10.4. The molecule has 2 aromatic rings. The first-order chi connectivity index (χ1) is 7.72. The number of nitrogens with zero attached hydrogens (tertiary/aromatic N) is 4. The lowest BCUT2D eigenvalue weighted by Crippen LogP contribution is -2.04. The lowest BCUT2D eigenvalue weighted by Gasteiger charge is -2.06. The van der Waals surface area contributed by atoms with Gasteiger partial charge in [-0.1, -0.05) is 0 Å². The van der Waals surface area contributed by atoms with Crippen molar-refractivity contribution in [3.05, 3.63) is 18.6 Å². The van der Waals surface area contributed by atoms with Crippen LogP contribution in [0.4, 0.5) is 5.82 Å².